The summed E-state index contributed by atoms with van der Waals surface area (Å²) >= 11 is 0. The third-order valence-electron chi connectivity index (χ3n) is 3.85. The number of hydrogen-bond acceptors (Lipinski definition) is 4. The van der Waals surface area contributed by atoms with Crippen LogP contribution >= 0.6 is 0 Å². The van der Waals surface area contributed by atoms with E-state index in [0.717, 1.165) is 24.4 Å². The van der Waals surface area contributed by atoms with Crippen molar-refractivity contribution in [3.8, 4) is 5.75 Å². The monoisotopic (exact) mass is 282 g/mol. The Labute approximate surface area is 123 Å². The van der Waals surface area contributed by atoms with E-state index in [1.54, 1.807) is 7.11 Å². The Morgan fingerprint density at radius 3 is 2.67 bits per heavy atom. The molecule has 0 spiro atoms. The fourth-order valence-corrected chi connectivity index (χ4v) is 2.61. The van der Waals surface area contributed by atoms with Crippen LogP contribution in [0.25, 0.3) is 10.8 Å². The number of methoxy groups -OCH3 is 1. The van der Waals surface area contributed by atoms with Crippen molar-refractivity contribution in [2.45, 2.75) is 25.7 Å². The molecule has 1 aromatic heterocycles. The van der Waals surface area contributed by atoms with E-state index in [1.807, 2.05) is 6.07 Å². The van der Waals surface area contributed by atoms with Crippen LogP contribution in [0.3, 0.4) is 0 Å². The SMILES string of the molecule is CC[C@@H](Cc1nn[nH]n1)c1ccc2cc(OC)ccc2c1. The Balaban J connectivity index is 1.91. The zero-order valence-corrected chi connectivity index (χ0v) is 12.2. The number of ether oxygens (including phenoxy) is 1. The maximum atomic E-state index is 5.26. The highest BCUT2D eigenvalue weighted by atomic mass is 16.5. The van der Waals surface area contributed by atoms with Gasteiger partial charge in [0.05, 0.1) is 7.11 Å². The lowest BCUT2D eigenvalue weighted by Crippen LogP contribution is -2.03. The molecule has 0 aliphatic rings. The Bertz CT molecular complexity index is 724. The quantitative estimate of drug-likeness (QED) is 0.781. The first-order chi connectivity index (χ1) is 10.3. The summed E-state index contributed by atoms with van der Waals surface area (Å²) in [5.41, 5.74) is 1.31. The fourth-order valence-electron chi connectivity index (χ4n) is 2.61. The summed E-state index contributed by atoms with van der Waals surface area (Å²) in [6.07, 6.45) is 1.84. The van der Waals surface area contributed by atoms with Crippen molar-refractivity contribution in [1.82, 2.24) is 20.6 Å². The summed E-state index contributed by atoms with van der Waals surface area (Å²) < 4.78 is 5.26. The van der Waals surface area contributed by atoms with Crippen LogP contribution in [0.1, 0.15) is 30.7 Å². The van der Waals surface area contributed by atoms with E-state index in [2.05, 4.69) is 57.9 Å². The largest absolute Gasteiger partial charge is 0.497 e. The second-order valence-electron chi connectivity index (χ2n) is 5.11. The molecule has 21 heavy (non-hydrogen) atoms. The van der Waals surface area contributed by atoms with Gasteiger partial charge in [-0.2, -0.15) is 5.21 Å². The first-order valence-electron chi connectivity index (χ1n) is 7.10. The molecule has 1 heterocycles. The Morgan fingerprint density at radius 2 is 1.95 bits per heavy atom. The lowest BCUT2D eigenvalue weighted by Gasteiger charge is -2.14. The number of hydrogen-bond donors (Lipinski definition) is 1. The van der Waals surface area contributed by atoms with E-state index in [-0.39, 0.29) is 0 Å². The molecule has 0 unspecified atom stereocenters. The molecule has 3 rings (SSSR count). The summed E-state index contributed by atoms with van der Waals surface area (Å²) in [7, 11) is 1.69. The lowest BCUT2D eigenvalue weighted by molar-refractivity contribution is 0.415. The molecule has 0 radical (unpaired) electrons. The zero-order chi connectivity index (χ0) is 14.7. The van der Waals surface area contributed by atoms with Crippen LogP contribution in [0.4, 0.5) is 0 Å². The van der Waals surface area contributed by atoms with Gasteiger partial charge in [0.2, 0.25) is 0 Å². The van der Waals surface area contributed by atoms with Crippen LogP contribution < -0.4 is 4.74 Å². The van der Waals surface area contributed by atoms with Gasteiger partial charge in [0.15, 0.2) is 5.82 Å². The molecule has 5 heteroatoms. The Kier molecular flexibility index (Phi) is 3.81. The number of fused-ring (bicyclic) bond motifs is 1. The summed E-state index contributed by atoms with van der Waals surface area (Å²) in [4.78, 5) is 0. The van der Waals surface area contributed by atoms with Gasteiger partial charge in [-0.1, -0.05) is 36.4 Å². The minimum atomic E-state index is 0.397. The summed E-state index contributed by atoms with van der Waals surface area (Å²) in [5.74, 6) is 2.04. The molecule has 0 aliphatic carbocycles. The fraction of sp³-hybridized carbons (Fsp3) is 0.312. The molecule has 5 nitrogen and oxygen atoms in total. The number of aromatic amines is 1. The van der Waals surface area contributed by atoms with Crippen LogP contribution in [0.15, 0.2) is 36.4 Å². The van der Waals surface area contributed by atoms with Crippen molar-refractivity contribution in [3.05, 3.63) is 47.8 Å². The van der Waals surface area contributed by atoms with Gasteiger partial charge in [0.1, 0.15) is 5.75 Å². The molecule has 1 atom stereocenters. The highest BCUT2D eigenvalue weighted by molar-refractivity contribution is 5.84. The van der Waals surface area contributed by atoms with Crippen LogP contribution in [0.2, 0.25) is 0 Å². The number of nitrogens with one attached hydrogen (secondary N) is 1. The van der Waals surface area contributed by atoms with Crippen molar-refractivity contribution in [1.29, 1.82) is 0 Å². The van der Waals surface area contributed by atoms with Gasteiger partial charge in [0, 0.05) is 6.42 Å². The maximum Gasteiger partial charge on any atom is 0.175 e. The third-order valence-corrected chi connectivity index (χ3v) is 3.85. The number of tetrazole rings is 1. The zero-order valence-electron chi connectivity index (χ0n) is 12.2. The topological polar surface area (TPSA) is 63.7 Å². The van der Waals surface area contributed by atoms with Crippen molar-refractivity contribution < 1.29 is 4.74 Å². The highest BCUT2D eigenvalue weighted by Crippen LogP contribution is 2.28. The molecule has 3 aromatic rings. The van der Waals surface area contributed by atoms with Gasteiger partial charge in [-0.25, -0.2) is 0 Å². The average molecular weight is 282 g/mol. The molecule has 108 valence electrons. The smallest absolute Gasteiger partial charge is 0.175 e. The first-order valence-corrected chi connectivity index (χ1v) is 7.10. The highest BCUT2D eigenvalue weighted by Gasteiger charge is 2.13. The van der Waals surface area contributed by atoms with Gasteiger partial charge in [-0.3, -0.25) is 0 Å². The molecule has 0 aliphatic heterocycles. The van der Waals surface area contributed by atoms with Crippen LogP contribution in [-0.2, 0) is 6.42 Å². The van der Waals surface area contributed by atoms with Crippen molar-refractivity contribution in [2.24, 2.45) is 0 Å². The second-order valence-corrected chi connectivity index (χ2v) is 5.11. The third kappa shape index (κ3) is 2.86. The van der Waals surface area contributed by atoms with Gasteiger partial charge >= 0.3 is 0 Å². The van der Waals surface area contributed by atoms with Crippen LogP contribution in [-0.4, -0.2) is 27.7 Å². The molecular formula is C16H18N4O. The predicted octanol–water partition coefficient (Wildman–Crippen LogP) is 3.10. The average Bonchev–Trinajstić information content (AvgIpc) is 3.04. The minimum absolute atomic E-state index is 0.397. The number of H-pyrrole nitrogens is 1. The minimum Gasteiger partial charge on any atom is -0.497 e. The van der Waals surface area contributed by atoms with Gasteiger partial charge in [0.25, 0.3) is 0 Å². The van der Waals surface area contributed by atoms with E-state index in [4.69, 9.17) is 4.74 Å². The van der Waals surface area contributed by atoms with Gasteiger partial charge in [-0.15, -0.1) is 10.2 Å². The molecule has 1 N–H and O–H groups in total. The molecule has 0 amide bonds. The molecule has 0 saturated heterocycles. The Morgan fingerprint density at radius 1 is 1.14 bits per heavy atom. The Hall–Kier alpha value is -2.43. The molecule has 0 saturated carbocycles. The second kappa shape index (κ2) is 5.91. The first kappa shape index (κ1) is 13.5. The van der Waals surface area contributed by atoms with E-state index in [1.165, 1.54) is 16.3 Å². The van der Waals surface area contributed by atoms with E-state index >= 15 is 0 Å². The number of aromatic nitrogens is 4. The summed E-state index contributed by atoms with van der Waals surface area (Å²) in [6, 6.07) is 12.7. The van der Waals surface area contributed by atoms with Crippen molar-refractivity contribution in [3.63, 3.8) is 0 Å². The van der Waals surface area contributed by atoms with Crippen molar-refractivity contribution in [2.75, 3.05) is 7.11 Å². The van der Waals surface area contributed by atoms with Crippen LogP contribution in [0, 0.1) is 0 Å². The lowest BCUT2D eigenvalue weighted by atomic mass is 9.91. The van der Waals surface area contributed by atoms with Gasteiger partial charge < -0.3 is 4.74 Å². The van der Waals surface area contributed by atoms with E-state index in [9.17, 15) is 0 Å². The molecular weight excluding hydrogens is 264 g/mol. The van der Waals surface area contributed by atoms with E-state index in [0.29, 0.717) is 5.92 Å². The number of benzene rings is 2. The normalized spacial score (nSPS) is 12.5. The summed E-state index contributed by atoms with van der Waals surface area (Å²) in [6.45, 7) is 2.18. The molecule has 2 aromatic carbocycles. The number of nitrogens with zero attached hydrogens (tertiary/aromatic N) is 3. The molecule has 0 bridgehead atoms. The predicted molar refractivity (Wildman–Crippen MR) is 81.4 cm³/mol. The summed E-state index contributed by atoms with van der Waals surface area (Å²) in [5, 5.41) is 16.6. The standard InChI is InChI=1S/C16H18N4O/c1-3-11(10-16-17-19-20-18-16)12-4-5-14-9-15(21-2)7-6-13(14)8-12/h4-9,11H,3,10H2,1-2H3,(H,17,18,19,20)/t11-/m0/s1. The van der Waals surface area contributed by atoms with Gasteiger partial charge in [-0.05, 0) is 40.8 Å². The van der Waals surface area contributed by atoms with Crippen LogP contribution in [0.5, 0.6) is 5.75 Å². The van der Waals surface area contributed by atoms with E-state index < -0.39 is 0 Å². The maximum absolute atomic E-state index is 5.26. The van der Waals surface area contributed by atoms with Crippen molar-refractivity contribution >= 4 is 10.8 Å². The molecule has 0 fully saturated rings. The number of rotatable bonds is 5.